The summed E-state index contributed by atoms with van der Waals surface area (Å²) in [6.07, 6.45) is 0.697. The van der Waals surface area contributed by atoms with Crippen LogP contribution in [0.2, 0.25) is 12.6 Å². The monoisotopic (exact) mass is 226 g/mol. The van der Waals surface area contributed by atoms with E-state index in [2.05, 4.69) is 6.55 Å². The highest BCUT2D eigenvalue weighted by molar-refractivity contribution is 6.47. The Balaban J connectivity index is 3.86. The zero-order valence-corrected chi connectivity index (χ0v) is 10.6. The van der Waals surface area contributed by atoms with Crippen LogP contribution in [0.5, 0.6) is 0 Å². The fourth-order valence-electron chi connectivity index (χ4n) is 0.770. The third-order valence-corrected chi connectivity index (χ3v) is 2.40. The highest BCUT2D eigenvalue weighted by Crippen LogP contribution is 2.33. The summed E-state index contributed by atoms with van der Waals surface area (Å²) in [6.45, 7) is 7.96. The minimum Gasteiger partial charge on any atom is -0.341 e. The maximum absolute atomic E-state index is 5.95. The van der Waals surface area contributed by atoms with Crippen LogP contribution in [0.25, 0.3) is 0 Å². The second-order valence-corrected chi connectivity index (χ2v) is 6.33. The van der Waals surface area contributed by atoms with Gasteiger partial charge in [0.25, 0.3) is 0 Å². The van der Waals surface area contributed by atoms with Gasteiger partial charge in [0.05, 0.1) is 5.60 Å². The molecule has 0 aromatic rings. The van der Waals surface area contributed by atoms with Crippen molar-refractivity contribution < 1.29 is 4.74 Å². The Morgan fingerprint density at radius 1 is 1.25 bits per heavy atom. The molecule has 0 spiro atoms. The second kappa shape index (κ2) is 4.84. The molecule has 0 fully saturated rings. The van der Waals surface area contributed by atoms with Crippen LogP contribution in [0, 0.1) is 0 Å². The zero-order valence-electron chi connectivity index (χ0n) is 8.08. The molecule has 4 heteroatoms. The van der Waals surface area contributed by atoms with Gasteiger partial charge in [-0.25, -0.2) is 0 Å². The number of hydrogen-bond donors (Lipinski definition) is 0. The van der Waals surface area contributed by atoms with Crippen LogP contribution in [-0.2, 0) is 4.74 Å². The molecule has 0 atom stereocenters. The van der Waals surface area contributed by atoms with Crippen molar-refractivity contribution in [2.75, 3.05) is 0 Å². The molecule has 0 aliphatic carbocycles. The van der Waals surface area contributed by atoms with Crippen LogP contribution in [0.1, 0.15) is 27.2 Å². The van der Waals surface area contributed by atoms with Crippen molar-refractivity contribution in [2.24, 2.45) is 0 Å². The molecule has 12 heavy (non-hydrogen) atoms. The largest absolute Gasteiger partial charge is 0.341 e. The molecule has 0 heterocycles. The van der Waals surface area contributed by atoms with Crippen LogP contribution < -0.4 is 0 Å². The molecule has 2 radical (unpaired) electrons. The van der Waals surface area contributed by atoms with Crippen molar-refractivity contribution in [1.29, 1.82) is 0 Å². The molecule has 0 rings (SSSR count). The van der Waals surface area contributed by atoms with Crippen molar-refractivity contribution in [2.45, 2.75) is 49.9 Å². The molecule has 0 amide bonds. The summed E-state index contributed by atoms with van der Waals surface area (Å²) in [5.74, 6) is 0. The topological polar surface area (TPSA) is 9.23 Å². The van der Waals surface area contributed by atoms with Crippen molar-refractivity contribution in [3.05, 3.63) is 0 Å². The lowest BCUT2D eigenvalue weighted by Crippen LogP contribution is -2.30. The van der Waals surface area contributed by atoms with Crippen LogP contribution in [-0.4, -0.2) is 19.6 Å². The van der Waals surface area contributed by atoms with Gasteiger partial charge in [-0.05, 0) is 20.8 Å². The van der Waals surface area contributed by atoms with Crippen LogP contribution in [0.3, 0.4) is 0 Å². The van der Waals surface area contributed by atoms with E-state index < -0.39 is 4.52 Å². The molecule has 0 aliphatic rings. The Morgan fingerprint density at radius 3 is 2.08 bits per heavy atom. The Kier molecular flexibility index (Phi) is 5.15. The van der Waals surface area contributed by atoms with Crippen LogP contribution in [0.4, 0.5) is 0 Å². The van der Waals surface area contributed by atoms with E-state index in [1.54, 1.807) is 0 Å². The number of alkyl halides is 2. The van der Waals surface area contributed by atoms with E-state index in [0.29, 0.717) is 6.42 Å². The number of ether oxygens (including phenoxy) is 1. The molecule has 0 aromatic heterocycles. The average Bonchev–Trinajstić information content (AvgIpc) is 1.78. The van der Waals surface area contributed by atoms with Gasteiger partial charge in [0.2, 0.25) is 4.52 Å². The summed E-state index contributed by atoms with van der Waals surface area (Å²) in [4.78, 5) is 0. The highest BCUT2D eigenvalue weighted by Gasteiger charge is 2.29. The summed E-state index contributed by atoms with van der Waals surface area (Å²) in [5, 5.41) is 0. The smallest absolute Gasteiger partial charge is 0.217 e. The molecule has 72 valence electrons. The van der Waals surface area contributed by atoms with E-state index in [9.17, 15) is 0 Å². The maximum atomic E-state index is 5.95. The molecule has 0 aromatic carbocycles. The van der Waals surface area contributed by atoms with E-state index in [1.165, 1.54) is 0 Å². The molecular weight excluding hydrogens is 211 g/mol. The third kappa shape index (κ3) is 7.41. The molecule has 0 saturated carbocycles. The van der Waals surface area contributed by atoms with Gasteiger partial charge < -0.3 is 4.74 Å². The van der Waals surface area contributed by atoms with Crippen molar-refractivity contribution in [3.63, 3.8) is 0 Å². The highest BCUT2D eigenvalue weighted by atomic mass is 35.5. The fraction of sp³-hybridized carbons (Fsp3) is 1.00. The normalized spacial score (nSPS) is 13.5. The molecule has 0 N–H and O–H groups in total. The van der Waals surface area contributed by atoms with E-state index >= 15 is 0 Å². The van der Waals surface area contributed by atoms with Crippen molar-refractivity contribution in [1.82, 2.24) is 0 Å². The van der Waals surface area contributed by atoms with Gasteiger partial charge >= 0.3 is 0 Å². The first-order valence-electron chi connectivity index (χ1n) is 3.99. The van der Waals surface area contributed by atoms with Crippen LogP contribution in [0.15, 0.2) is 0 Å². The van der Waals surface area contributed by atoms with Crippen LogP contribution >= 0.6 is 23.2 Å². The standard InChI is InChI=1S/C8H16Cl2OSi/c1-7(2,3)11-8(9,10)5-6-12-4/h5-6H2,1-4H3. The fourth-order valence-corrected chi connectivity index (χ4v) is 2.34. The van der Waals surface area contributed by atoms with Crippen molar-refractivity contribution >= 4 is 32.7 Å². The quantitative estimate of drug-likeness (QED) is 0.527. The molecule has 0 bridgehead atoms. The molecule has 0 unspecified atom stereocenters. The van der Waals surface area contributed by atoms with Gasteiger partial charge in [-0.3, -0.25) is 0 Å². The molecule has 0 aliphatic heterocycles. The average molecular weight is 227 g/mol. The lowest BCUT2D eigenvalue weighted by Gasteiger charge is -2.29. The Labute approximate surface area is 87.6 Å². The lowest BCUT2D eigenvalue weighted by molar-refractivity contribution is -0.0449. The summed E-state index contributed by atoms with van der Waals surface area (Å²) >= 11 is 11.9. The predicted molar refractivity (Wildman–Crippen MR) is 56.3 cm³/mol. The number of rotatable bonds is 4. The number of halogens is 2. The first-order valence-corrected chi connectivity index (χ1v) is 6.46. The Morgan fingerprint density at radius 2 is 1.75 bits per heavy atom. The SMILES string of the molecule is C[Si]CCC(Cl)(Cl)OC(C)(C)C. The molecule has 1 nitrogen and oxygen atoms in total. The van der Waals surface area contributed by atoms with Gasteiger partial charge in [0, 0.05) is 15.9 Å². The van der Waals surface area contributed by atoms with E-state index in [1.807, 2.05) is 20.8 Å². The summed E-state index contributed by atoms with van der Waals surface area (Å²) in [5.41, 5.74) is -0.277. The second-order valence-electron chi connectivity index (χ2n) is 3.71. The Bertz CT molecular complexity index is 132. The number of hydrogen-bond acceptors (Lipinski definition) is 1. The van der Waals surface area contributed by atoms with E-state index in [4.69, 9.17) is 27.9 Å². The third-order valence-electron chi connectivity index (χ3n) is 1.12. The molecular formula is C8H16Cl2OSi. The van der Waals surface area contributed by atoms with Gasteiger partial charge in [-0.2, -0.15) is 0 Å². The Hall–Kier alpha value is 0.757. The van der Waals surface area contributed by atoms with Gasteiger partial charge in [0.15, 0.2) is 0 Å². The summed E-state index contributed by atoms with van der Waals surface area (Å²) in [6, 6.07) is 1.02. The lowest BCUT2D eigenvalue weighted by atomic mass is 10.2. The van der Waals surface area contributed by atoms with Gasteiger partial charge in [-0.15, -0.1) is 0 Å². The summed E-state index contributed by atoms with van der Waals surface area (Å²) < 4.78 is 4.45. The van der Waals surface area contributed by atoms with E-state index in [-0.39, 0.29) is 5.60 Å². The minimum atomic E-state index is -1.01. The van der Waals surface area contributed by atoms with Gasteiger partial charge in [-0.1, -0.05) is 35.8 Å². The predicted octanol–water partition coefficient (Wildman–Crippen LogP) is 3.49. The van der Waals surface area contributed by atoms with Crippen molar-refractivity contribution in [3.8, 4) is 0 Å². The first-order chi connectivity index (χ1) is 5.27. The minimum absolute atomic E-state index is 0.277. The molecule has 0 saturated heterocycles. The first kappa shape index (κ1) is 12.8. The summed E-state index contributed by atoms with van der Waals surface area (Å²) in [7, 11) is 0.869. The van der Waals surface area contributed by atoms with Gasteiger partial charge in [0.1, 0.15) is 0 Å². The zero-order chi connectivity index (χ0) is 9.83. The van der Waals surface area contributed by atoms with E-state index in [0.717, 1.165) is 15.6 Å². The maximum Gasteiger partial charge on any atom is 0.217 e.